The molecule has 0 radical (unpaired) electrons. The summed E-state index contributed by atoms with van der Waals surface area (Å²) >= 11 is 0. The fourth-order valence-corrected chi connectivity index (χ4v) is 1.61. The third-order valence-electron chi connectivity index (χ3n) is 2.74. The number of hydrogen-bond donors (Lipinski definition) is 1. The molecule has 0 bridgehead atoms. The van der Waals surface area contributed by atoms with Gasteiger partial charge < -0.3 is 5.11 Å². The van der Waals surface area contributed by atoms with Crippen molar-refractivity contribution in [2.45, 2.75) is 19.8 Å². The summed E-state index contributed by atoms with van der Waals surface area (Å²) in [7, 11) is 0. The first-order valence-corrected chi connectivity index (χ1v) is 5.42. The van der Waals surface area contributed by atoms with Gasteiger partial charge in [0, 0.05) is 11.8 Å². The normalized spacial score (nSPS) is 12.4. The molecule has 0 fully saturated rings. The molecule has 1 aromatic heterocycles. The zero-order valence-electron chi connectivity index (χ0n) is 9.79. The predicted octanol–water partition coefficient (Wildman–Crippen LogP) is 2.37. The van der Waals surface area contributed by atoms with Gasteiger partial charge in [-0.25, -0.2) is 4.68 Å². The minimum atomic E-state index is -0.839. The highest BCUT2D eigenvalue weighted by molar-refractivity contribution is 5.75. The molecule has 0 spiro atoms. The van der Waals surface area contributed by atoms with Crippen LogP contribution in [0.5, 0.6) is 0 Å². The number of aromatic nitrogens is 2. The molecule has 2 aromatic rings. The summed E-state index contributed by atoms with van der Waals surface area (Å²) in [6.07, 6.45) is 3.36. The van der Waals surface area contributed by atoms with Gasteiger partial charge in [-0.1, -0.05) is 12.1 Å². The number of carbonyl (C=O) groups is 1. The molecule has 0 aliphatic heterocycles. The monoisotopic (exact) mass is 230 g/mol. The van der Waals surface area contributed by atoms with Crippen molar-refractivity contribution < 1.29 is 9.90 Å². The topological polar surface area (TPSA) is 55.1 Å². The van der Waals surface area contributed by atoms with Crippen LogP contribution in [0.4, 0.5) is 0 Å². The molecule has 2 rings (SSSR count). The number of rotatable bonds is 3. The van der Waals surface area contributed by atoms with E-state index in [1.165, 1.54) is 0 Å². The number of carboxylic acids is 1. The van der Waals surface area contributed by atoms with Crippen LogP contribution in [0.25, 0.3) is 5.69 Å². The summed E-state index contributed by atoms with van der Waals surface area (Å²) in [4.78, 5) is 10.9. The highest BCUT2D eigenvalue weighted by Gasteiger charge is 2.15. The third kappa shape index (κ3) is 2.36. The Kier molecular flexibility index (Phi) is 2.95. The Morgan fingerprint density at radius 2 is 2.24 bits per heavy atom. The van der Waals surface area contributed by atoms with Crippen LogP contribution < -0.4 is 0 Å². The predicted molar refractivity (Wildman–Crippen MR) is 64.4 cm³/mol. The molecule has 0 aliphatic carbocycles. The van der Waals surface area contributed by atoms with Crippen LogP contribution in [-0.4, -0.2) is 20.9 Å². The number of nitrogens with zero attached hydrogens (tertiary/aromatic N) is 2. The second-order valence-corrected chi connectivity index (χ2v) is 4.12. The van der Waals surface area contributed by atoms with Crippen molar-refractivity contribution >= 4 is 5.97 Å². The fraction of sp³-hybridized carbons (Fsp3) is 0.231. The lowest BCUT2D eigenvalue weighted by atomic mass is 10.1. The minimum Gasteiger partial charge on any atom is -0.481 e. The SMILES string of the molecule is Cc1cccc(-n2cc(C(C)C(=O)O)cn2)c1. The number of aliphatic carboxylic acids is 1. The maximum atomic E-state index is 10.9. The largest absolute Gasteiger partial charge is 0.481 e. The summed E-state index contributed by atoms with van der Waals surface area (Å²) in [5.41, 5.74) is 2.79. The number of aryl methyl sites for hydroxylation is 1. The maximum absolute atomic E-state index is 10.9. The number of hydrogen-bond acceptors (Lipinski definition) is 2. The van der Waals surface area contributed by atoms with Gasteiger partial charge in [-0.3, -0.25) is 4.79 Å². The van der Waals surface area contributed by atoms with Crippen molar-refractivity contribution in [1.29, 1.82) is 0 Å². The van der Waals surface area contributed by atoms with Crippen molar-refractivity contribution in [1.82, 2.24) is 9.78 Å². The smallest absolute Gasteiger partial charge is 0.310 e. The van der Waals surface area contributed by atoms with Crippen molar-refractivity contribution in [2.75, 3.05) is 0 Å². The van der Waals surface area contributed by atoms with Gasteiger partial charge in [-0.2, -0.15) is 5.10 Å². The molecule has 4 nitrogen and oxygen atoms in total. The lowest BCUT2D eigenvalue weighted by Crippen LogP contribution is -2.06. The molecule has 17 heavy (non-hydrogen) atoms. The van der Waals surface area contributed by atoms with E-state index in [2.05, 4.69) is 5.10 Å². The molecule has 0 saturated carbocycles. The summed E-state index contributed by atoms with van der Waals surface area (Å²) in [5.74, 6) is -1.37. The second kappa shape index (κ2) is 4.41. The lowest BCUT2D eigenvalue weighted by molar-refractivity contribution is -0.138. The van der Waals surface area contributed by atoms with E-state index in [4.69, 9.17) is 5.11 Å². The minimum absolute atomic E-state index is 0.534. The Morgan fingerprint density at radius 1 is 1.47 bits per heavy atom. The van der Waals surface area contributed by atoms with Gasteiger partial charge in [0.15, 0.2) is 0 Å². The third-order valence-corrected chi connectivity index (χ3v) is 2.74. The molecule has 1 unspecified atom stereocenters. The standard InChI is InChI=1S/C13H14N2O2/c1-9-4-3-5-12(6-9)15-8-11(7-14-15)10(2)13(16)17/h3-8,10H,1-2H3,(H,16,17). The highest BCUT2D eigenvalue weighted by atomic mass is 16.4. The van der Waals surface area contributed by atoms with Gasteiger partial charge in [-0.15, -0.1) is 0 Å². The highest BCUT2D eigenvalue weighted by Crippen LogP contribution is 2.17. The second-order valence-electron chi connectivity index (χ2n) is 4.12. The van der Waals surface area contributed by atoms with E-state index < -0.39 is 11.9 Å². The van der Waals surface area contributed by atoms with E-state index in [0.717, 1.165) is 11.3 Å². The van der Waals surface area contributed by atoms with E-state index >= 15 is 0 Å². The Hall–Kier alpha value is -2.10. The summed E-state index contributed by atoms with van der Waals surface area (Å²) < 4.78 is 1.70. The van der Waals surface area contributed by atoms with Gasteiger partial charge in [0.25, 0.3) is 0 Å². The van der Waals surface area contributed by atoms with Crippen LogP contribution in [0.15, 0.2) is 36.7 Å². The molecule has 4 heteroatoms. The molecule has 0 saturated heterocycles. The van der Waals surface area contributed by atoms with Crippen molar-refractivity contribution in [3.63, 3.8) is 0 Å². The molecular formula is C13H14N2O2. The average Bonchev–Trinajstić information content (AvgIpc) is 2.77. The molecule has 88 valence electrons. The summed E-state index contributed by atoms with van der Waals surface area (Å²) in [6.45, 7) is 3.66. The van der Waals surface area contributed by atoms with Gasteiger partial charge in [0.2, 0.25) is 0 Å². The van der Waals surface area contributed by atoms with Gasteiger partial charge in [0.1, 0.15) is 0 Å². The molecule has 0 amide bonds. The Morgan fingerprint density at radius 3 is 2.88 bits per heavy atom. The van der Waals surface area contributed by atoms with Gasteiger partial charge in [-0.05, 0) is 31.5 Å². The molecule has 1 heterocycles. The summed E-state index contributed by atoms with van der Waals surface area (Å²) in [6, 6.07) is 7.90. The molecular weight excluding hydrogens is 216 g/mol. The van der Waals surface area contributed by atoms with Crippen LogP contribution in [0.3, 0.4) is 0 Å². The van der Waals surface area contributed by atoms with Crippen LogP contribution in [0.1, 0.15) is 24.0 Å². The Bertz CT molecular complexity index is 546. The number of carboxylic acid groups (broad SMARTS) is 1. The van der Waals surface area contributed by atoms with Gasteiger partial charge in [0.05, 0.1) is 17.8 Å². The van der Waals surface area contributed by atoms with E-state index in [1.807, 2.05) is 31.2 Å². The van der Waals surface area contributed by atoms with Crippen molar-refractivity contribution in [3.05, 3.63) is 47.8 Å². The quantitative estimate of drug-likeness (QED) is 0.880. The first kappa shape index (κ1) is 11.4. The van der Waals surface area contributed by atoms with E-state index in [-0.39, 0.29) is 0 Å². The van der Waals surface area contributed by atoms with Crippen LogP contribution >= 0.6 is 0 Å². The summed E-state index contributed by atoms with van der Waals surface area (Å²) in [5, 5.41) is 13.1. The number of benzene rings is 1. The van der Waals surface area contributed by atoms with E-state index in [0.29, 0.717) is 5.56 Å². The van der Waals surface area contributed by atoms with Gasteiger partial charge >= 0.3 is 5.97 Å². The Balaban J connectivity index is 2.33. The fourth-order valence-electron chi connectivity index (χ4n) is 1.61. The van der Waals surface area contributed by atoms with Crippen molar-refractivity contribution in [2.24, 2.45) is 0 Å². The molecule has 0 aliphatic rings. The van der Waals surface area contributed by atoms with Crippen LogP contribution in [-0.2, 0) is 4.79 Å². The molecule has 1 aromatic carbocycles. The van der Waals surface area contributed by atoms with E-state index in [9.17, 15) is 4.79 Å². The first-order chi connectivity index (χ1) is 8.08. The van der Waals surface area contributed by atoms with E-state index in [1.54, 1.807) is 24.0 Å². The first-order valence-electron chi connectivity index (χ1n) is 5.42. The van der Waals surface area contributed by atoms with Crippen LogP contribution in [0.2, 0.25) is 0 Å². The van der Waals surface area contributed by atoms with Crippen LogP contribution in [0, 0.1) is 6.92 Å². The molecule has 1 N–H and O–H groups in total. The zero-order chi connectivity index (χ0) is 12.4. The zero-order valence-corrected chi connectivity index (χ0v) is 9.79. The maximum Gasteiger partial charge on any atom is 0.310 e. The van der Waals surface area contributed by atoms with Crippen molar-refractivity contribution in [3.8, 4) is 5.69 Å². The lowest BCUT2D eigenvalue weighted by Gasteiger charge is -2.03. The average molecular weight is 230 g/mol. The molecule has 1 atom stereocenters. The Labute approximate surface area is 99.5 Å².